The van der Waals surface area contributed by atoms with Crippen LogP contribution in [0.15, 0.2) is 73.7 Å². The molecule has 4 unspecified atom stereocenters. The number of ketones is 2. The number of ether oxygens (including phenoxy) is 1. The number of anilines is 1. The molecule has 2 aromatic rings. The molecule has 2 amide bonds. The summed E-state index contributed by atoms with van der Waals surface area (Å²) in [5.41, 5.74) is 2.25. The summed E-state index contributed by atoms with van der Waals surface area (Å²) in [6.45, 7) is 1.57. The Kier molecular flexibility index (Phi) is 6.81. The van der Waals surface area contributed by atoms with Gasteiger partial charge in [-0.1, -0.05) is 11.6 Å². The van der Waals surface area contributed by atoms with Crippen molar-refractivity contribution in [2.75, 3.05) is 12.0 Å². The van der Waals surface area contributed by atoms with Gasteiger partial charge in [0.2, 0.25) is 11.8 Å². The first-order valence-corrected chi connectivity index (χ1v) is 14.6. The van der Waals surface area contributed by atoms with E-state index >= 15 is 0 Å². The molecule has 4 atom stereocenters. The molecule has 1 N–H and O–H groups in total. The van der Waals surface area contributed by atoms with Crippen LogP contribution in [0, 0.1) is 27.9 Å². The molecule has 0 saturated carbocycles. The van der Waals surface area contributed by atoms with Gasteiger partial charge in [0.05, 0.1) is 34.0 Å². The predicted molar refractivity (Wildman–Crippen MR) is 157 cm³/mol. The fraction of sp³-hybridized carbons (Fsp3) is 0.267. The summed E-state index contributed by atoms with van der Waals surface area (Å²) in [5, 5.41) is 21.7. The third-order valence-electron chi connectivity index (χ3n) is 8.59. The predicted octanol–water partition coefficient (Wildman–Crippen LogP) is 5.47. The Morgan fingerprint density at radius 3 is 2.38 bits per heavy atom. The van der Waals surface area contributed by atoms with E-state index in [9.17, 15) is 34.4 Å². The van der Waals surface area contributed by atoms with Crippen molar-refractivity contribution in [2.24, 2.45) is 17.8 Å². The van der Waals surface area contributed by atoms with Crippen LogP contribution in [0.4, 0.5) is 11.4 Å². The molecule has 0 spiro atoms. The second kappa shape index (κ2) is 10.1. The van der Waals surface area contributed by atoms with Crippen molar-refractivity contribution in [2.45, 2.75) is 25.7 Å². The van der Waals surface area contributed by atoms with E-state index in [0.29, 0.717) is 31.2 Å². The number of fused-ring (bicyclic) bond motifs is 3. The first kappa shape index (κ1) is 28.2. The molecule has 10 nitrogen and oxygen atoms in total. The van der Waals surface area contributed by atoms with Crippen LogP contribution in [0.5, 0.6) is 11.5 Å². The number of methoxy groups -OCH3 is 1. The number of aromatic hydroxyl groups is 1. The minimum absolute atomic E-state index is 0.107. The summed E-state index contributed by atoms with van der Waals surface area (Å²) in [5.74, 6) is -4.30. The van der Waals surface area contributed by atoms with Crippen LogP contribution >= 0.6 is 31.9 Å². The second-order valence-corrected chi connectivity index (χ2v) is 12.2. The zero-order chi connectivity index (χ0) is 30.2. The monoisotopic (exact) mass is 696 g/mol. The van der Waals surface area contributed by atoms with Crippen LogP contribution in [0.25, 0.3) is 0 Å². The highest BCUT2D eigenvalue weighted by molar-refractivity contribution is 9.13. The number of amides is 2. The van der Waals surface area contributed by atoms with Gasteiger partial charge < -0.3 is 9.84 Å². The Morgan fingerprint density at radius 2 is 1.74 bits per heavy atom. The topological polar surface area (TPSA) is 144 Å². The van der Waals surface area contributed by atoms with Gasteiger partial charge in [0.1, 0.15) is 0 Å². The molecule has 2 aromatic carbocycles. The molecule has 4 aliphatic rings. The molecule has 0 aromatic heterocycles. The Balaban J connectivity index is 1.50. The van der Waals surface area contributed by atoms with Crippen LogP contribution in [-0.4, -0.2) is 40.5 Å². The Morgan fingerprint density at radius 1 is 1.05 bits per heavy atom. The molecule has 0 bridgehead atoms. The van der Waals surface area contributed by atoms with Crippen molar-refractivity contribution in [1.29, 1.82) is 0 Å². The van der Waals surface area contributed by atoms with E-state index in [1.807, 2.05) is 6.08 Å². The number of hydrogen-bond donors (Lipinski definition) is 1. The number of carbonyl (C=O) groups excluding carboxylic acids is 4. The number of Topliss-reactive ketones (excluding diaryl/α,β-unsaturated/α-hetero) is 1. The van der Waals surface area contributed by atoms with Gasteiger partial charge in [-0.2, -0.15) is 0 Å². The van der Waals surface area contributed by atoms with E-state index in [-0.39, 0.29) is 47.3 Å². The maximum absolute atomic E-state index is 14.0. The van der Waals surface area contributed by atoms with Gasteiger partial charge in [0.25, 0.3) is 5.69 Å². The average molecular weight is 698 g/mol. The maximum atomic E-state index is 14.0. The van der Waals surface area contributed by atoms with Gasteiger partial charge in [-0.15, -0.1) is 0 Å². The molecule has 1 heterocycles. The first-order valence-electron chi connectivity index (χ1n) is 13.0. The summed E-state index contributed by atoms with van der Waals surface area (Å²) >= 11 is 6.93. The number of imide groups is 1. The first-order chi connectivity index (χ1) is 20.0. The molecule has 214 valence electrons. The summed E-state index contributed by atoms with van der Waals surface area (Å²) < 4.78 is 6.14. The fourth-order valence-electron chi connectivity index (χ4n) is 6.69. The van der Waals surface area contributed by atoms with Crippen LogP contribution < -0.4 is 9.64 Å². The lowest BCUT2D eigenvalue weighted by atomic mass is 9.59. The third-order valence-corrected chi connectivity index (χ3v) is 10.7. The number of non-ortho nitro benzene ring substituents is 1. The summed E-state index contributed by atoms with van der Waals surface area (Å²) in [4.78, 5) is 66.3. The molecule has 1 fully saturated rings. The Hall–Kier alpha value is -3.90. The standard InChI is InChI=1S/C30H22Br2N2O8/c1-12-9-20(35)24-19(27(12)36)10-17-15(22(24)18-11-21(42-2)28(37)26(32)25(18)31)7-8-16-23(17)30(39)33(29(16)38)13-3-5-14(6-4-13)34(40)41/h3-7,9,11,16-17,22-23,37H,8,10H2,1-2H3. The van der Waals surface area contributed by atoms with Crippen molar-refractivity contribution in [3.63, 3.8) is 0 Å². The lowest BCUT2D eigenvalue weighted by Gasteiger charge is -2.42. The highest BCUT2D eigenvalue weighted by Crippen LogP contribution is 2.57. The molecule has 6 rings (SSSR count). The normalized spacial score (nSPS) is 25.1. The second-order valence-electron chi connectivity index (χ2n) is 10.7. The summed E-state index contributed by atoms with van der Waals surface area (Å²) in [6.07, 6.45) is 3.54. The Bertz CT molecular complexity index is 1740. The van der Waals surface area contributed by atoms with Gasteiger partial charge in [0.15, 0.2) is 23.1 Å². The van der Waals surface area contributed by atoms with Crippen molar-refractivity contribution in [1.82, 2.24) is 0 Å². The smallest absolute Gasteiger partial charge is 0.269 e. The number of carbonyl (C=O) groups is 4. The van der Waals surface area contributed by atoms with E-state index < -0.39 is 40.4 Å². The number of nitrogens with zero attached hydrogens (tertiary/aromatic N) is 2. The largest absolute Gasteiger partial charge is 0.503 e. The van der Waals surface area contributed by atoms with Gasteiger partial charge >= 0.3 is 0 Å². The average Bonchev–Trinajstić information content (AvgIpc) is 3.23. The minimum Gasteiger partial charge on any atom is -0.503 e. The molecule has 3 aliphatic carbocycles. The Labute approximate surface area is 256 Å². The number of allylic oxidation sites excluding steroid dienone is 6. The summed E-state index contributed by atoms with van der Waals surface area (Å²) in [7, 11) is 1.40. The van der Waals surface area contributed by atoms with Crippen molar-refractivity contribution in [3.8, 4) is 11.5 Å². The highest BCUT2D eigenvalue weighted by atomic mass is 79.9. The quantitative estimate of drug-likeness (QED) is 0.146. The number of halogens is 2. The molecule has 0 radical (unpaired) electrons. The van der Waals surface area contributed by atoms with Gasteiger partial charge in [-0.05, 0) is 87.4 Å². The van der Waals surface area contributed by atoms with Crippen LogP contribution in [0.2, 0.25) is 0 Å². The van der Waals surface area contributed by atoms with Crippen molar-refractivity contribution in [3.05, 3.63) is 89.4 Å². The van der Waals surface area contributed by atoms with Crippen LogP contribution in [0.1, 0.15) is 31.2 Å². The zero-order valence-electron chi connectivity index (χ0n) is 22.2. The van der Waals surface area contributed by atoms with E-state index in [0.717, 1.165) is 10.5 Å². The highest BCUT2D eigenvalue weighted by Gasteiger charge is 2.57. The molecule has 42 heavy (non-hydrogen) atoms. The summed E-state index contributed by atoms with van der Waals surface area (Å²) in [6, 6.07) is 6.83. The van der Waals surface area contributed by atoms with Crippen molar-refractivity contribution >= 4 is 66.6 Å². The number of hydrogen-bond acceptors (Lipinski definition) is 8. The number of phenols is 1. The van der Waals surface area contributed by atoms with E-state index in [4.69, 9.17) is 4.74 Å². The zero-order valence-corrected chi connectivity index (χ0v) is 25.4. The number of phenolic OH excluding ortho intramolecular Hbond substituents is 1. The third kappa shape index (κ3) is 4.03. The SMILES string of the molecule is COc1cc(C2C3=CCC4C(=O)N(c5ccc([N+](=O)[O-])cc5)C(=O)C4C3CC3=C2C(=O)C=C(C)C3=O)c(Br)c(Br)c1O. The van der Waals surface area contributed by atoms with Gasteiger partial charge in [0, 0.05) is 39.2 Å². The number of rotatable bonds is 4. The molecular formula is C30H22Br2N2O8. The lowest BCUT2D eigenvalue weighted by Crippen LogP contribution is -2.40. The van der Waals surface area contributed by atoms with E-state index in [2.05, 4.69) is 31.9 Å². The molecule has 1 aliphatic heterocycles. The molecule has 12 heteroatoms. The molecular weight excluding hydrogens is 676 g/mol. The van der Waals surface area contributed by atoms with Gasteiger partial charge in [-0.25, -0.2) is 0 Å². The molecule has 1 saturated heterocycles. The van der Waals surface area contributed by atoms with Crippen molar-refractivity contribution < 1.29 is 33.9 Å². The number of benzene rings is 2. The van der Waals surface area contributed by atoms with E-state index in [1.54, 1.807) is 13.0 Å². The number of nitro groups is 1. The maximum Gasteiger partial charge on any atom is 0.269 e. The van der Waals surface area contributed by atoms with E-state index in [1.165, 1.54) is 37.5 Å². The lowest BCUT2D eigenvalue weighted by molar-refractivity contribution is -0.384. The minimum atomic E-state index is -0.806. The fourth-order valence-corrected chi connectivity index (χ4v) is 7.65. The number of nitro benzene ring substituents is 1. The van der Waals surface area contributed by atoms with Crippen LogP contribution in [0.3, 0.4) is 0 Å². The van der Waals surface area contributed by atoms with Gasteiger partial charge in [-0.3, -0.25) is 34.2 Å². The van der Waals surface area contributed by atoms with Crippen LogP contribution in [-0.2, 0) is 19.2 Å².